The van der Waals surface area contributed by atoms with Gasteiger partial charge in [0, 0.05) is 39.3 Å². The number of nitrogens with one attached hydrogen (secondary N) is 3. The molecule has 0 aromatic heterocycles. The largest absolute Gasteiger partial charge is 1.00 e. The summed E-state index contributed by atoms with van der Waals surface area (Å²) in [6, 6.07) is -1.47. The predicted molar refractivity (Wildman–Crippen MR) is 205 cm³/mol. The Balaban J connectivity index is 0.000000422. The van der Waals surface area contributed by atoms with Crippen LogP contribution in [0, 0.1) is 0 Å². The second kappa shape index (κ2) is 26.5. The predicted octanol–water partition coefficient (Wildman–Crippen LogP) is -8.81. The number of unbranched alkanes of at least 4 members (excludes halogenated alkanes) is 1. The number of allylic oxidation sites excluding steroid dienone is 2. The molecule has 4 heterocycles. The number of hydrogen-bond donors (Lipinski definition) is 11. The van der Waals surface area contributed by atoms with Gasteiger partial charge in [-0.2, -0.15) is 0 Å². The van der Waals surface area contributed by atoms with Crippen molar-refractivity contribution in [3.05, 3.63) is 24.6 Å². The molecule has 12 unspecified atom stereocenters. The Bertz CT molecular complexity index is 1410. The Morgan fingerprint density at radius 1 is 0.645 bits per heavy atom. The van der Waals surface area contributed by atoms with Gasteiger partial charge in [-0.05, 0) is 27.2 Å². The molecule has 0 aliphatic carbocycles. The average molecular weight is 908 g/mol. The van der Waals surface area contributed by atoms with Gasteiger partial charge in [0.2, 0.25) is 0 Å². The van der Waals surface area contributed by atoms with Crippen molar-refractivity contribution in [2.75, 3.05) is 41.1 Å². The number of ether oxygens (including phenoxy) is 9. The molecule has 354 valence electrons. The minimum absolute atomic E-state index is 0. The molecule has 0 radical (unpaired) electrons. The fraction of sp³-hybridized carbons (Fsp3) is 0.842. The Morgan fingerprint density at radius 3 is 1.53 bits per heavy atom. The SMILES string of the molecule is C=C(C)N[C@@H]1C(C)OC(CO)[C@@H](O)C1OC1OC(C(=O)NCCCC)[C@@H](OC)C(O)[C@@H]1O.C=C(C)N[C@@H]1C(OC)OC(CO)[C@@H](O)C1OC1OC(C(=O)[O-])[C@@H](OC)C(O)[C@@H]1O.[Na+]. The Kier molecular flexibility index (Phi) is 24.1. The fourth-order valence-corrected chi connectivity index (χ4v) is 7.43. The van der Waals surface area contributed by atoms with Gasteiger partial charge >= 0.3 is 29.6 Å². The van der Waals surface area contributed by atoms with E-state index in [1.54, 1.807) is 20.8 Å². The van der Waals surface area contributed by atoms with Gasteiger partial charge in [-0.15, -0.1) is 0 Å². The van der Waals surface area contributed by atoms with E-state index in [0.29, 0.717) is 17.9 Å². The number of aliphatic hydroxyl groups excluding tert-OH is 8. The van der Waals surface area contributed by atoms with Gasteiger partial charge in [0.25, 0.3) is 5.91 Å². The van der Waals surface area contributed by atoms with Gasteiger partial charge < -0.3 is 109 Å². The zero-order valence-corrected chi connectivity index (χ0v) is 38.5. The Morgan fingerprint density at radius 2 is 1.10 bits per heavy atom. The van der Waals surface area contributed by atoms with Crippen molar-refractivity contribution < 1.29 is 128 Å². The molecule has 20 atom stereocenters. The van der Waals surface area contributed by atoms with Crippen molar-refractivity contribution in [1.82, 2.24) is 16.0 Å². The summed E-state index contributed by atoms with van der Waals surface area (Å²) in [7, 11) is 3.79. The summed E-state index contributed by atoms with van der Waals surface area (Å²) in [5.41, 5.74) is 1.06. The molecule has 11 N–H and O–H groups in total. The molecule has 0 bridgehead atoms. The van der Waals surface area contributed by atoms with Crippen molar-refractivity contribution in [3.8, 4) is 0 Å². The monoisotopic (exact) mass is 907 g/mol. The van der Waals surface area contributed by atoms with Gasteiger partial charge in [-0.1, -0.05) is 26.5 Å². The van der Waals surface area contributed by atoms with E-state index in [0.717, 1.165) is 20.0 Å². The van der Waals surface area contributed by atoms with Crippen molar-refractivity contribution in [2.45, 2.75) is 163 Å². The zero-order valence-electron chi connectivity index (χ0n) is 36.5. The summed E-state index contributed by atoms with van der Waals surface area (Å²) in [4.78, 5) is 24.0. The van der Waals surface area contributed by atoms with E-state index in [9.17, 15) is 55.5 Å². The van der Waals surface area contributed by atoms with Gasteiger partial charge in [-0.25, -0.2) is 0 Å². The van der Waals surface area contributed by atoms with Crippen LogP contribution in [0.2, 0.25) is 0 Å². The van der Waals surface area contributed by atoms with Crippen LogP contribution in [0.15, 0.2) is 24.6 Å². The minimum atomic E-state index is -1.74. The molecular formula is C38H66N3NaO20. The van der Waals surface area contributed by atoms with Crippen LogP contribution in [0.4, 0.5) is 0 Å². The summed E-state index contributed by atoms with van der Waals surface area (Å²) >= 11 is 0. The molecule has 1 amide bonds. The number of methoxy groups -OCH3 is 3. The number of carboxylic acid groups (broad SMARTS) is 1. The molecule has 4 aliphatic rings. The smallest absolute Gasteiger partial charge is 0.547 e. The molecule has 0 aromatic rings. The van der Waals surface area contributed by atoms with Crippen LogP contribution in [-0.2, 0) is 52.2 Å². The second-order valence-electron chi connectivity index (χ2n) is 15.3. The number of hydrogen-bond acceptors (Lipinski definition) is 22. The Labute approximate surface area is 382 Å². The summed E-state index contributed by atoms with van der Waals surface area (Å²) in [5.74, 6) is -2.18. The first-order chi connectivity index (χ1) is 28.8. The first kappa shape index (κ1) is 56.5. The summed E-state index contributed by atoms with van der Waals surface area (Å²) in [6.45, 7) is 14.0. The van der Waals surface area contributed by atoms with Gasteiger partial charge in [0.1, 0.15) is 85.4 Å². The van der Waals surface area contributed by atoms with Crippen LogP contribution in [-0.4, -0.2) is 216 Å². The normalized spacial score (nSPS) is 40.8. The van der Waals surface area contributed by atoms with E-state index in [1.165, 1.54) is 14.2 Å². The van der Waals surface area contributed by atoms with E-state index in [2.05, 4.69) is 29.1 Å². The van der Waals surface area contributed by atoms with Crippen molar-refractivity contribution in [3.63, 3.8) is 0 Å². The van der Waals surface area contributed by atoms with Gasteiger partial charge in [0.05, 0.1) is 31.3 Å². The summed E-state index contributed by atoms with van der Waals surface area (Å²) in [5, 5.41) is 102. The quantitative estimate of drug-likeness (QED) is 0.0449. The van der Waals surface area contributed by atoms with E-state index < -0.39 is 148 Å². The van der Waals surface area contributed by atoms with E-state index in [4.69, 9.17) is 42.6 Å². The maximum Gasteiger partial charge on any atom is 1.00 e. The first-order valence-electron chi connectivity index (χ1n) is 20.0. The number of carbonyl (C=O) groups excluding carboxylic acids is 2. The maximum atomic E-state index is 12.7. The van der Waals surface area contributed by atoms with E-state index in [-0.39, 0.29) is 29.6 Å². The third-order valence-corrected chi connectivity index (χ3v) is 10.6. The average Bonchev–Trinajstić information content (AvgIpc) is 3.21. The molecule has 0 saturated carbocycles. The van der Waals surface area contributed by atoms with E-state index >= 15 is 0 Å². The molecule has 0 spiro atoms. The van der Waals surface area contributed by atoms with Crippen LogP contribution in [0.25, 0.3) is 0 Å². The van der Waals surface area contributed by atoms with E-state index in [1.807, 2.05) is 6.92 Å². The van der Waals surface area contributed by atoms with Gasteiger partial charge in [0.15, 0.2) is 25.0 Å². The van der Waals surface area contributed by atoms with Crippen molar-refractivity contribution in [1.29, 1.82) is 0 Å². The summed E-state index contributed by atoms with van der Waals surface area (Å²) in [6.07, 6.45) is -21.8. The first-order valence-corrected chi connectivity index (χ1v) is 20.0. The molecule has 0 aromatic carbocycles. The van der Waals surface area contributed by atoms with Crippen LogP contribution in [0.1, 0.15) is 40.5 Å². The molecule has 62 heavy (non-hydrogen) atoms. The molecular weight excluding hydrogens is 841 g/mol. The molecule has 4 fully saturated rings. The maximum absolute atomic E-state index is 12.7. The standard InChI is InChI=1S/C21H38N2O9.C17H29NO11.Na/c1-6-7-8-22-20(28)19-18(29-5)15(26)16(27)21(32-19)31-17-13(23-10(2)3)11(4)30-12(9-24)14(17)25;1-6(2)18-8-12(9(20)7(5-19)27-16(8)26-4)28-17-11(22)10(21)13(25-3)14(29-17)15(23)24;/h11-19,21,23-27H,2,6-9H2,1,3-5H3,(H,22,28);7-14,16-22H,1,5H2,2-4H3,(H,23,24);/q;;+1/p-1/t11?,12?,13-,14-,15?,16+,17?,18+,19?,21?;7?,8-,9+,10?,11-,12?,13-,14?,16?,17?;/m10./s1. The number of aliphatic hydroxyl groups is 8. The number of aliphatic carboxylic acids is 1. The molecule has 4 aliphatic heterocycles. The molecule has 24 heteroatoms. The second-order valence-corrected chi connectivity index (χ2v) is 15.3. The number of carbonyl (C=O) groups is 2. The zero-order chi connectivity index (χ0) is 45.9. The van der Waals surface area contributed by atoms with Crippen molar-refractivity contribution >= 4 is 11.9 Å². The van der Waals surface area contributed by atoms with Gasteiger partial charge in [-0.3, -0.25) is 4.79 Å². The number of carboxylic acids is 1. The van der Waals surface area contributed by atoms with Crippen molar-refractivity contribution in [2.24, 2.45) is 0 Å². The molecule has 23 nitrogen and oxygen atoms in total. The topological polar surface area (TPSA) is 338 Å². The third-order valence-electron chi connectivity index (χ3n) is 10.6. The fourth-order valence-electron chi connectivity index (χ4n) is 7.43. The summed E-state index contributed by atoms with van der Waals surface area (Å²) < 4.78 is 49.1. The van der Waals surface area contributed by atoms with Crippen LogP contribution in [0.3, 0.4) is 0 Å². The Hall–Kier alpha value is -1.66. The van der Waals surface area contributed by atoms with Crippen LogP contribution < -0.4 is 50.6 Å². The molecule has 4 rings (SSSR count). The van der Waals surface area contributed by atoms with Crippen LogP contribution in [0.5, 0.6) is 0 Å². The number of amides is 1. The molecule has 4 saturated heterocycles. The van der Waals surface area contributed by atoms with Crippen LogP contribution >= 0.6 is 0 Å². The minimum Gasteiger partial charge on any atom is -0.547 e. The third kappa shape index (κ3) is 13.9. The number of rotatable bonds is 18.